The van der Waals surface area contributed by atoms with Gasteiger partial charge >= 0.3 is 0 Å². The zero-order chi connectivity index (χ0) is 7.40. The first-order valence-electron chi connectivity index (χ1n) is 3.05. The molecule has 10 heavy (non-hydrogen) atoms. The van der Waals surface area contributed by atoms with Crippen LogP contribution in [0.4, 0.5) is 0 Å². The van der Waals surface area contributed by atoms with Crippen molar-refractivity contribution in [2.24, 2.45) is 0 Å². The average molecular weight is 135 g/mol. The normalized spacial score (nSPS) is 9.30. The van der Waals surface area contributed by atoms with Gasteiger partial charge in [0.15, 0.2) is 0 Å². The van der Waals surface area contributed by atoms with Gasteiger partial charge in [-0.1, -0.05) is 18.7 Å². The van der Waals surface area contributed by atoms with Crippen molar-refractivity contribution >= 4 is 6.08 Å². The summed E-state index contributed by atoms with van der Waals surface area (Å²) in [6.07, 6.45) is 3.33. The Morgan fingerprint density at radius 1 is 1.70 bits per heavy atom. The predicted molar refractivity (Wildman–Crippen MR) is 40.3 cm³/mol. The maximum Gasteiger partial charge on any atom is 0.0859 e. The van der Waals surface area contributed by atoms with E-state index in [0.29, 0.717) is 5.69 Å². The Morgan fingerprint density at radius 3 is 3.00 bits per heavy atom. The molecule has 52 valence electrons. The van der Waals surface area contributed by atoms with E-state index >= 15 is 0 Å². The maximum atomic E-state index is 8.74. The van der Waals surface area contributed by atoms with Gasteiger partial charge in [0.25, 0.3) is 0 Å². The van der Waals surface area contributed by atoms with Crippen LogP contribution in [0.1, 0.15) is 11.3 Å². The Kier molecular flexibility index (Phi) is 2.18. The predicted octanol–water partition coefficient (Wildman–Crippen LogP) is 1.22. The molecule has 2 heteroatoms. The number of rotatable bonds is 2. The lowest BCUT2D eigenvalue weighted by atomic mass is 10.2. The number of hydrogen-bond donors (Lipinski definition) is 1. The van der Waals surface area contributed by atoms with Crippen molar-refractivity contribution < 1.29 is 5.11 Å². The number of nitrogens with zero attached hydrogens (tertiary/aromatic N) is 1. The van der Waals surface area contributed by atoms with Crippen molar-refractivity contribution in [1.29, 1.82) is 0 Å². The molecule has 0 atom stereocenters. The summed E-state index contributed by atoms with van der Waals surface area (Å²) >= 11 is 0. The van der Waals surface area contributed by atoms with Gasteiger partial charge in [0.2, 0.25) is 0 Å². The van der Waals surface area contributed by atoms with Gasteiger partial charge in [0.1, 0.15) is 0 Å². The Bertz CT molecular complexity index is 232. The van der Waals surface area contributed by atoms with Crippen LogP contribution in [0.2, 0.25) is 0 Å². The van der Waals surface area contributed by atoms with E-state index in [1.54, 1.807) is 12.3 Å². The smallest absolute Gasteiger partial charge is 0.0859 e. The minimum atomic E-state index is -0.0256. The number of pyridine rings is 1. The monoisotopic (exact) mass is 135 g/mol. The van der Waals surface area contributed by atoms with E-state index in [0.717, 1.165) is 5.56 Å². The molecule has 0 radical (unpaired) electrons. The Labute approximate surface area is 59.9 Å². The summed E-state index contributed by atoms with van der Waals surface area (Å²) in [5.41, 5.74) is 1.57. The minimum absolute atomic E-state index is 0.0256. The molecular formula is C8H9NO. The first kappa shape index (κ1) is 6.96. The molecule has 0 spiro atoms. The molecule has 0 saturated carbocycles. The molecule has 0 aliphatic rings. The van der Waals surface area contributed by atoms with Crippen molar-refractivity contribution in [2.75, 3.05) is 0 Å². The van der Waals surface area contributed by atoms with Crippen molar-refractivity contribution in [3.8, 4) is 0 Å². The summed E-state index contributed by atoms with van der Waals surface area (Å²) in [7, 11) is 0. The summed E-state index contributed by atoms with van der Waals surface area (Å²) in [6, 6.07) is 3.68. The van der Waals surface area contributed by atoms with Gasteiger partial charge in [-0.05, 0) is 11.6 Å². The largest absolute Gasteiger partial charge is 0.390 e. The standard InChI is InChI=1S/C8H9NO/c1-2-7-4-3-5-9-8(7)6-10/h2-5,10H,1,6H2. The third-order valence-electron chi connectivity index (χ3n) is 1.30. The summed E-state index contributed by atoms with van der Waals surface area (Å²) in [5, 5.41) is 8.74. The van der Waals surface area contributed by atoms with Crippen LogP contribution in [0.3, 0.4) is 0 Å². The Morgan fingerprint density at radius 2 is 2.50 bits per heavy atom. The second-order valence-electron chi connectivity index (χ2n) is 1.90. The van der Waals surface area contributed by atoms with Gasteiger partial charge in [-0.25, -0.2) is 0 Å². The number of hydrogen-bond acceptors (Lipinski definition) is 2. The topological polar surface area (TPSA) is 33.1 Å². The summed E-state index contributed by atoms with van der Waals surface area (Å²) in [4.78, 5) is 3.95. The first-order chi connectivity index (χ1) is 4.88. The fourth-order valence-electron chi connectivity index (χ4n) is 0.768. The lowest BCUT2D eigenvalue weighted by Crippen LogP contribution is -1.90. The van der Waals surface area contributed by atoms with Gasteiger partial charge < -0.3 is 5.11 Å². The highest BCUT2D eigenvalue weighted by atomic mass is 16.3. The van der Waals surface area contributed by atoms with E-state index in [1.807, 2.05) is 12.1 Å². The van der Waals surface area contributed by atoms with Crippen LogP contribution in [-0.2, 0) is 6.61 Å². The Hall–Kier alpha value is -1.15. The second-order valence-corrected chi connectivity index (χ2v) is 1.90. The highest BCUT2D eigenvalue weighted by molar-refractivity contribution is 5.48. The van der Waals surface area contributed by atoms with E-state index < -0.39 is 0 Å². The van der Waals surface area contributed by atoms with Crippen LogP contribution in [0.15, 0.2) is 24.9 Å². The van der Waals surface area contributed by atoms with Gasteiger partial charge in [-0.3, -0.25) is 4.98 Å². The van der Waals surface area contributed by atoms with E-state index in [2.05, 4.69) is 11.6 Å². The van der Waals surface area contributed by atoms with Gasteiger partial charge in [0, 0.05) is 6.20 Å². The van der Waals surface area contributed by atoms with Gasteiger partial charge in [-0.2, -0.15) is 0 Å². The fourth-order valence-corrected chi connectivity index (χ4v) is 0.768. The van der Waals surface area contributed by atoms with E-state index in [1.165, 1.54) is 0 Å². The maximum absolute atomic E-state index is 8.74. The third-order valence-corrected chi connectivity index (χ3v) is 1.30. The van der Waals surface area contributed by atoms with Crippen LogP contribution in [-0.4, -0.2) is 10.1 Å². The van der Waals surface area contributed by atoms with E-state index in [-0.39, 0.29) is 6.61 Å². The van der Waals surface area contributed by atoms with Crippen LogP contribution < -0.4 is 0 Å². The molecule has 1 rings (SSSR count). The highest BCUT2D eigenvalue weighted by Crippen LogP contribution is 2.05. The zero-order valence-electron chi connectivity index (χ0n) is 5.62. The summed E-state index contributed by atoms with van der Waals surface area (Å²) < 4.78 is 0. The molecule has 1 N–H and O–H groups in total. The van der Waals surface area contributed by atoms with E-state index in [4.69, 9.17) is 5.11 Å². The minimum Gasteiger partial charge on any atom is -0.390 e. The highest BCUT2D eigenvalue weighted by Gasteiger charge is 1.94. The third kappa shape index (κ3) is 1.22. The van der Waals surface area contributed by atoms with Crippen LogP contribution in [0.5, 0.6) is 0 Å². The first-order valence-corrected chi connectivity index (χ1v) is 3.05. The van der Waals surface area contributed by atoms with Crippen molar-refractivity contribution in [3.05, 3.63) is 36.2 Å². The molecule has 1 heterocycles. The van der Waals surface area contributed by atoms with Crippen molar-refractivity contribution in [2.45, 2.75) is 6.61 Å². The average Bonchev–Trinajstić information content (AvgIpc) is 2.04. The molecular weight excluding hydrogens is 126 g/mol. The van der Waals surface area contributed by atoms with Gasteiger partial charge in [-0.15, -0.1) is 0 Å². The SMILES string of the molecule is C=Cc1cccnc1CO. The lowest BCUT2D eigenvalue weighted by Gasteiger charge is -1.97. The molecule has 0 amide bonds. The molecule has 2 nitrogen and oxygen atoms in total. The molecule has 1 aromatic heterocycles. The summed E-state index contributed by atoms with van der Waals surface area (Å²) in [5.74, 6) is 0. The molecule has 0 fully saturated rings. The second kappa shape index (κ2) is 3.13. The lowest BCUT2D eigenvalue weighted by molar-refractivity contribution is 0.276. The van der Waals surface area contributed by atoms with Crippen molar-refractivity contribution in [1.82, 2.24) is 4.98 Å². The van der Waals surface area contributed by atoms with Crippen LogP contribution in [0, 0.1) is 0 Å². The Balaban J connectivity index is 3.08. The summed E-state index contributed by atoms with van der Waals surface area (Å²) in [6.45, 7) is 3.56. The quantitative estimate of drug-likeness (QED) is 0.661. The molecule has 0 aliphatic carbocycles. The van der Waals surface area contributed by atoms with Gasteiger partial charge in [0.05, 0.1) is 12.3 Å². The molecule has 0 aromatic carbocycles. The van der Waals surface area contributed by atoms with Crippen molar-refractivity contribution in [3.63, 3.8) is 0 Å². The molecule has 0 aliphatic heterocycles. The van der Waals surface area contributed by atoms with Crippen LogP contribution >= 0.6 is 0 Å². The van der Waals surface area contributed by atoms with E-state index in [9.17, 15) is 0 Å². The number of aliphatic hydroxyl groups is 1. The van der Waals surface area contributed by atoms with Crippen LogP contribution in [0.25, 0.3) is 6.08 Å². The number of aromatic nitrogens is 1. The molecule has 1 aromatic rings. The molecule has 0 bridgehead atoms. The zero-order valence-corrected chi connectivity index (χ0v) is 5.62. The fraction of sp³-hybridized carbons (Fsp3) is 0.125. The molecule has 0 unspecified atom stereocenters. The molecule has 0 saturated heterocycles. The number of aliphatic hydroxyl groups excluding tert-OH is 1.